The summed E-state index contributed by atoms with van der Waals surface area (Å²) in [5.74, 6) is 1.71. The maximum Gasteiger partial charge on any atom is 0.241 e. The third kappa shape index (κ3) is 4.81. The summed E-state index contributed by atoms with van der Waals surface area (Å²) in [4.78, 5) is 0. The van der Waals surface area contributed by atoms with Crippen molar-refractivity contribution in [3.8, 4) is 23.0 Å². The first-order chi connectivity index (χ1) is 12.9. The van der Waals surface area contributed by atoms with Crippen molar-refractivity contribution in [3.05, 3.63) is 47.5 Å². The minimum absolute atomic E-state index is 0.0570. The van der Waals surface area contributed by atoms with Gasteiger partial charge in [-0.15, -0.1) is 0 Å². The average molecular weight is 372 g/mol. The van der Waals surface area contributed by atoms with Gasteiger partial charge in [0.05, 0.1) is 14.2 Å². The number of nitrogens with two attached hydrogens (primary N) is 2. The zero-order chi connectivity index (χ0) is 20.0. The van der Waals surface area contributed by atoms with Crippen LogP contribution < -0.4 is 30.4 Å². The number of ether oxygens (including phenoxy) is 4. The van der Waals surface area contributed by atoms with Gasteiger partial charge in [-0.1, -0.05) is 6.92 Å². The Morgan fingerprint density at radius 3 is 1.52 bits per heavy atom. The van der Waals surface area contributed by atoms with Crippen molar-refractivity contribution < 1.29 is 18.9 Å². The fourth-order valence-corrected chi connectivity index (χ4v) is 2.34. The largest absolute Gasteiger partial charge is 0.493 e. The summed E-state index contributed by atoms with van der Waals surface area (Å²) in [5.41, 5.74) is 12.1. The molecule has 0 heterocycles. The normalized spacial score (nSPS) is 11.4. The lowest BCUT2D eigenvalue weighted by atomic mass is 10.2. The van der Waals surface area contributed by atoms with E-state index in [9.17, 15) is 0 Å². The van der Waals surface area contributed by atoms with Crippen molar-refractivity contribution in [3.63, 3.8) is 0 Å². The molecule has 0 radical (unpaired) electrons. The van der Waals surface area contributed by atoms with Crippen molar-refractivity contribution in [2.24, 2.45) is 11.5 Å². The Bertz CT molecular complexity index is 771. The fraction of sp³-hybridized carbons (Fsp3) is 0.263. The molecule has 144 valence electrons. The average Bonchev–Trinajstić information content (AvgIpc) is 2.67. The lowest BCUT2D eigenvalue weighted by molar-refractivity contribution is -0.000210. The van der Waals surface area contributed by atoms with Gasteiger partial charge in [0, 0.05) is 17.5 Å². The number of nitrogen functional groups attached to an aromatic ring is 2. The highest BCUT2D eigenvalue weighted by Crippen LogP contribution is 2.32. The van der Waals surface area contributed by atoms with Gasteiger partial charge in [0.2, 0.25) is 6.29 Å². The molecular formula is C19H24N4O4. The molecule has 0 saturated carbocycles. The monoisotopic (exact) mass is 372 g/mol. The van der Waals surface area contributed by atoms with Crippen LogP contribution >= 0.6 is 0 Å². The Morgan fingerprint density at radius 2 is 1.22 bits per heavy atom. The summed E-state index contributed by atoms with van der Waals surface area (Å²) in [7, 11) is 3.02. The van der Waals surface area contributed by atoms with Gasteiger partial charge >= 0.3 is 0 Å². The molecule has 0 aliphatic heterocycles. The lowest BCUT2D eigenvalue weighted by Gasteiger charge is -2.22. The highest BCUT2D eigenvalue weighted by Gasteiger charge is 2.17. The molecule has 2 aromatic carbocycles. The molecule has 27 heavy (non-hydrogen) atoms. The van der Waals surface area contributed by atoms with Crippen molar-refractivity contribution in [2.75, 3.05) is 14.2 Å². The summed E-state index contributed by atoms with van der Waals surface area (Å²) in [6, 6.07) is 9.97. The van der Waals surface area contributed by atoms with E-state index in [0.717, 1.165) is 0 Å². The van der Waals surface area contributed by atoms with Crippen molar-refractivity contribution in [2.45, 2.75) is 19.6 Å². The van der Waals surface area contributed by atoms with E-state index in [-0.39, 0.29) is 11.7 Å². The zero-order valence-electron chi connectivity index (χ0n) is 15.5. The number of amidine groups is 2. The molecule has 0 atom stereocenters. The Balaban J connectivity index is 2.23. The van der Waals surface area contributed by atoms with Crippen LogP contribution in [0.2, 0.25) is 0 Å². The van der Waals surface area contributed by atoms with Gasteiger partial charge < -0.3 is 30.4 Å². The topological polar surface area (TPSA) is 137 Å². The van der Waals surface area contributed by atoms with Crippen LogP contribution in [-0.2, 0) is 0 Å². The molecule has 2 rings (SSSR count). The second kappa shape index (κ2) is 8.79. The number of nitrogens with one attached hydrogen (secondary N) is 2. The van der Waals surface area contributed by atoms with E-state index in [4.69, 9.17) is 41.2 Å². The molecule has 0 aromatic heterocycles. The highest BCUT2D eigenvalue weighted by atomic mass is 16.7. The SMILES string of the molecule is CCC(Oc1ccc(C(=N)N)cc1OC)Oc1ccc(C(=N)N)cc1OC. The molecule has 0 aliphatic carbocycles. The third-order valence-corrected chi connectivity index (χ3v) is 3.80. The predicted molar refractivity (Wildman–Crippen MR) is 103 cm³/mol. The summed E-state index contributed by atoms with van der Waals surface area (Å²) in [6.45, 7) is 1.91. The van der Waals surface area contributed by atoms with E-state index in [0.29, 0.717) is 40.5 Å². The van der Waals surface area contributed by atoms with E-state index < -0.39 is 6.29 Å². The van der Waals surface area contributed by atoms with Crippen LogP contribution in [0.3, 0.4) is 0 Å². The fourth-order valence-electron chi connectivity index (χ4n) is 2.34. The first-order valence-electron chi connectivity index (χ1n) is 8.27. The standard InChI is InChI=1S/C19H24N4O4/c1-4-17(26-13-7-5-11(18(20)21)9-15(13)24-2)27-14-8-6-12(19(22)23)10-16(14)25-3/h5-10,17H,4H2,1-3H3,(H3,20,21)(H3,22,23). The Kier molecular flexibility index (Phi) is 6.48. The predicted octanol–water partition coefficient (Wildman–Crippen LogP) is 2.47. The van der Waals surface area contributed by atoms with E-state index >= 15 is 0 Å². The van der Waals surface area contributed by atoms with Gasteiger partial charge in [-0.2, -0.15) is 0 Å². The van der Waals surface area contributed by atoms with Crippen LogP contribution in [0.4, 0.5) is 0 Å². The van der Waals surface area contributed by atoms with Gasteiger partial charge in [0.1, 0.15) is 11.7 Å². The lowest BCUT2D eigenvalue weighted by Crippen LogP contribution is -2.23. The van der Waals surface area contributed by atoms with Crippen molar-refractivity contribution in [1.82, 2.24) is 0 Å². The third-order valence-electron chi connectivity index (χ3n) is 3.80. The van der Waals surface area contributed by atoms with Crippen LogP contribution in [-0.4, -0.2) is 32.2 Å². The summed E-state index contributed by atoms with van der Waals surface area (Å²) in [6.07, 6.45) is -0.0611. The Labute approximate surface area is 158 Å². The van der Waals surface area contributed by atoms with Crippen LogP contribution in [0.1, 0.15) is 24.5 Å². The second-order valence-corrected chi connectivity index (χ2v) is 5.63. The molecule has 0 fully saturated rings. The van der Waals surface area contributed by atoms with Gasteiger partial charge in [-0.25, -0.2) is 0 Å². The molecule has 0 saturated heterocycles. The number of hydrogen-bond acceptors (Lipinski definition) is 6. The highest BCUT2D eigenvalue weighted by molar-refractivity contribution is 5.96. The summed E-state index contributed by atoms with van der Waals surface area (Å²) in [5, 5.41) is 15.0. The van der Waals surface area contributed by atoms with Crippen LogP contribution in [0.25, 0.3) is 0 Å². The number of rotatable bonds is 9. The first-order valence-corrected chi connectivity index (χ1v) is 8.27. The second-order valence-electron chi connectivity index (χ2n) is 5.63. The molecule has 0 bridgehead atoms. The number of hydrogen-bond donors (Lipinski definition) is 4. The summed E-state index contributed by atoms with van der Waals surface area (Å²) >= 11 is 0. The van der Waals surface area contributed by atoms with Gasteiger partial charge in [0.25, 0.3) is 0 Å². The molecule has 6 N–H and O–H groups in total. The van der Waals surface area contributed by atoms with E-state index in [1.165, 1.54) is 14.2 Å². The maximum atomic E-state index is 7.51. The smallest absolute Gasteiger partial charge is 0.241 e. The molecule has 0 aliphatic rings. The van der Waals surface area contributed by atoms with Gasteiger partial charge in [-0.3, -0.25) is 10.8 Å². The Morgan fingerprint density at radius 1 is 0.815 bits per heavy atom. The molecule has 8 nitrogen and oxygen atoms in total. The van der Waals surface area contributed by atoms with Crippen molar-refractivity contribution in [1.29, 1.82) is 10.8 Å². The molecular weight excluding hydrogens is 348 g/mol. The van der Waals surface area contributed by atoms with E-state index in [1.807, 2.05) is 6.92 Å². The molecule has 0 amide bonds. The van der Waals surface area contributed by atoms with Gasteiger partial charge in [0.15, 0.2) is 23.0 Å². The molecule has 0 spiro atoms. The Hall–Kier alpha value is -3.42. The zero-order valence-corrected chi connectivity index (χ0v) is 15.5. The van der Waals surface area contributed by atoms with Gasteiger partial charge in [-0.05, 0) is 36.4 Å². The quantitative estimate of drug-likeness (QED) is 0.303. The van der Waals surface area contributed by atoms with E-state index in [2.05, 4.69) is 0 Å². The van der Waals surface area contributed by atoms with E-state index in [1.54, 1.807) is 36.4 Å². The molecule has 2 aromatic rings. The number of methoxy groups -OCH3 is 2. The maximum absolute atomic E-state index is 7.51. The number of benzene rings is 2. The molecule has 0 unspecified atom stereocenters. The first kappa shape index (κ1) is 19.9. The van der Waals surface area contributed by atoms with Crippen LogP contribution in [0, 0.1) is 10.8 Å². The van der Waals surface area contributed by atoms with Crippen LogP contribution in [0.5, 0.6) is 23.0 Å². The summed E-state index contributed by atoms with van der Waals surface area (Å²) < 4.78 is 22.5. The minimum Gasteiger partial charge on any atom is -0.493 e. The van der Waals surface area contributed by atoms with Crippen LogP contribution in [0.15, 0.2) is 36.4 Å². The minimum atomic E-state index is -0.612. The molecule has 8 heteroatoms. The van der Waals surface area contributed by atoms with Crippen molar-refractivity contribution >= 4 is 11.7 Å².